The van der Waals surface area contributed by atoms with Gasteiger partial charge in [-0.05, 0) is 159 Å². The maximum absolute atomic E-state index is 11.4. The van der Waals surface area contributed by atoms with E-state index in [1.54, 1.807) is 61.5 Å². The molecule has 0 amide bonds. The number of hydrogen-bond donors (Lipinski definition) is 4. The molecule has 10 aromatic carbocycles. The molecule has 0 fully saturated rings. The first-order valence-corrected chi connectivity index (χ1v) is 46.2. The van der Waals surface area contributed by atoms with E-state index < -0.39 is 22.1 Å². The highest BCUT2D eigenvalue weighted by Crippen LogP contribution is 2.34. The first kappa shape index (κ1) is 118. The number of hydrogen-bond acceptors (Lipinski definition) is 16. The Labute approximate surface area is 811 Å². The topological polar surface area (TPSA) is 287 Å². The number of rotatable bonds is 26. The van der Waals surface area contributed by atoms with Crippen LogP contribution in [-0.2, 0) is 74.9 Å². The lowest BCUT2D eigenvalue weighted by Crippen LogP contribution is -2.19. The fourth-order valence-corrected chi connectivity index (χ4v) is 14.8. The number of carboxylic acids is 2. The summed E-state index contributed by atoms with van der Waals surface area (Å²) in [5.41, 5.74) is 9.19. The van der Waals surface area contributed by atoms with Crippen molar-refractivity contribution in [3.63, 3.8) is 0 Å². The Kier molecular flexibility index (Phi) is 60.3. The molecule has 0 spiro atoms. The first-order valence-electron chi connectivity index (χ1n) is 40.6. The monoisotopic (exact) mass is 1980 g/mol. The Hall–Kier alpha value is -8.76. The van der Waals surface area contributed by atoms with Gasteiger partial charge in [0.15, 0.2) is 0 Å². The van der Waals surface area contributed by atoms with Gasteiger partial charge in [-0.3, -0.25) is 33.0 Å². The number of halogens is 10. The Balaban J connectivity index is 0.000000718. The number of carboxylic acid groups (broad SMARTS) is 2. The number of ether oxygens (including phenoxy) is 4. The van der Waals surface area contributed by atoms with Crippen LogP contribution in [0.3, 0.4) is 0 Å². The Morgan fingerprint density at radius 1 is 0.341 bits per heavy atom. The number of aliphatic carboxylic acids is 2. The van der Waals surface area contributed by atoms with Crippen LogP contribution in [0.5, 0.6) is 0 Å². The second kappa shape index (κ2) is 65.7. The van der Waals surface area contributed by atoms with E-state index in [1.807, 2.05) is 243 Å². The molecule has 0 saturated carbocycles. The third kappa shape index (κ3) is 47.3. The second-order valence-corrected chi connectivity index (χ2v) is 35.1. The molecule has 18 nitrogen and oxygen atoms in total. The fraction of sp³-hybridized carbons (Fsp3) is 0.330. The molecule has 0 aliphatic carbocycles. The molecule has 0 bridgehead atoms. The Morgan fingerprint density at radius 3 is 0.938 bits per heavy atom. The van der Waals surface area contributed by atoms with Crippen molar-refractivity contribution in [3.8, 4) is 6.07 Å². The first-order chi connectivity index (χ1) is 61.0. The number of aliphatic hydroxyl groups is 2. The van der Waals surface area contributed by atoms with Crippen molar-refractivity contribution in [3.05, 3.63) is 349 Å². The maximum Gasteiger partial charge on any atom is 0.312 e. The molecule has 0 saturated heterocycles. The smallest absolute Gasteiger partial charge is 0.312 e. The number of carbonyl (C=O) groups excluding carboxylic acids is 4. The van der Waals surface area contributed by atoms with Crippen LogP contribution in [0, 0.1) is 23.2 Å². The van der Waals surface area contributed by atoms with Crippen LogP contribution in [0.25, 0.3) is 0 Å². The van der Waals surface area contributed by atoms with Gasteiger partial charge in [0.25, 0.3) is 10.1 Å². The van der Waals surface area contributed by atoms with Crippen molar-refractivity contribution in [1.29, 1.82) is 5.26 Å². The molecule has 29 heteroatoms. The summed E-state index contributed by atoms with van der Waals surface area (Å²) < 4.78 is 44.8. The van der Waals surface area contributed by atoms with Crippen LogP contribution in [-0.4, -0.2) is 119 Å². The van der Waals surface area contributed by atoms with Crippen LogP contribution in [0.15, 0.2) is 243 Å². The fourth-order valence-electron chi connectivity index (χ4n) is 11.5. The van der Waals surface area contributed by atoms with Gasteiger partial charge < -0.3 is 39.4 Å². The normalized spacial score (nSPS) is 12.6. The lowest BCUT2D eigenvalue weighted by atomic mass is 9.89. The van der Waals surface area contributed by atoms with Gasteiger partial charge in [0.2, 0.25) is 0 Å². The largest absolute Gasteiger partial charge is 0.481 e. The highest BCUT2D eigenvalue weighted by molar-refractivity contribution is 7.86. The van der Waals surface area contributed by atoms with Crippen molar-refractivity contribution in [2.45, 2.75) is 149 Å². The molecule has 0 aromatic heterocycles. The third-order valence-corrected chi connectivity index (χ3v) is 23.6. The second-order valence-electron chi connectivity index (χ2n) is 29.4. The molecule has 10 unspecified atom stereocenters. The zero-order valence-electron chi connectivity index (χ0n) is 74.8. The molecule has 698 valence electrons. The summed E-state index contributed by atoms with van der Waals surface area (Å²) in [6, 6.07) is 76.3. The molecule has 0 heterocycles. The zero-order valence-corrected chi connectivity index (χ0v) is 83.1. The van der Waals surface area contributed by atoms with Crippen LogP contribution < -0.4 is 0 Å². The number of benzene rings is 10. The van der Waals surface area contributed by atoms with Gasteiger partial charge in [-0.1, -0.05) is 360 Å². The maximum atomic E-state index is 11.4. The van der Waals surface area contributed by atoms with Gasteiger partial charge in [0.05, 0.1) is 84.9 Å². The molecular formula is C100H115Cl10NO17S. The number of carbonyl (C=O) groups is 6. The SMILES string of the molecule is CC(CC#N)c1ccccc1Cl.CC(CC(=O)O)c1ccccc1Cl.CC(CO)C(C)c1ccccc1Cl.CC(CO)c1ccccc1Cl.CC(COS(C)(=O)=O)c1ccccc1Cl.COC(=O)C(C)C(C)c1ccccc1Cl.COC(=O)C(C)c1ccccc1Cl.COC(=O)CC(C)c1ccccc1Cl.COC(=O)Cc1ccccc1Cl.O=C(O)Cc1ccccc1Cl. The minimum atomic E-state index is -3.38. The number of aliphatic hydroxyl groups excluding tert-OH is 2. The average Bonchev–Trinajstić information content (AvgIpc) is 0.836. The highest BCUT2D eigenvalue weighted by Gasteiger charge is 2.25. The predicted octanol–water partition coefficient (Wildman–Crippen LogP) is 27.1. The minimum Gasteiger partial charge on any atom is -0.481 e. The summed E-state index contributed by atoms with van der Waals surface area (Å²) in [7, 11) is 2.14. The average molecular weight is 1990 g/mol. The summed E-state index contributed by atoms with van der Waals surface area (Å²) >= 11 is 59.2. The van der Waals surface area contributed by atoms with Gasteiger partial charge in [0.1, 0.15) is 0 Å². The number of esters is 4. The van der Waals surface area contributed by atoms with E-state index in [0.717, 1.165) is 71.4 Å². The standard InChI is InChI=1S/C12H15ClO2.C11H13ClO2.C11H15ClO.C10H10ClN.C10H13ClO3S.2C10H11ClO2.C9H9ClO2.C9H11ClO.C8H7ClO2/c1-8(9(2)12(14)15-3)10-6-4-5-7-11(10)13;1-8(7-11(13)14-2)9-5-3-4-6-10(9)12;1-8(7-13)9(2)10-5-3-4-6-11(10)12;1-8(6-7-12)9-4-2-3-5-10(9)11;1-8(7-14-15(2,12)13)9-5-3-4-6-10(9)11;1-7(10(12)13-2)8-5-3-4-6-9(8)11;1-7(6-10(12)13)8-4-2-3-5-9(8)11;1-12-9(11)6-7-4-2-3-5-8(7)10;1-7(6-11)8-4-2-3-5-9(8)10;9-7-4-2-1-3-6(7)5-8(10)11/h4-9H,1-3H3;3-6,8H,7H2,1-2H3;3-6,8-9,13H,7H2,1-2H3;2-5,8H,6H2,1H3;3-6,8H,7H2,1-2H3;3-7H,1-2H3;2-5,7H,6H2,1H3,(H,12,13);2-5H,6H2,1H3;2-5,7,11H,6H2,1H3;1-4H,5H2,(H,10,11). The number of nitrogens with zero attached hydrogens (tertiary/aromatic N) is 1. The molecule has 4 N–H and O–H groups in total. The Morgan fingerprint density at radius 2 is 0.636 bits per heavy atom. The van der Waals surface area contributed by atoms with E-state index in [4.69, 9.17) is 151 Å². The summed E-state index contributed by atoms with van der Waals surface area (Å²) in [4.78, 5) is 65.2. The van der Waals surface area contributed by atoms with Crippen LogP contribution in [0.1, 0.15) is 191 Å². The van der Waals surface area contributed by atoms with Crippen LogP contribution >= 0.6 is 116 Å². The van der Waals surface area contributed by atoms with E-state index in [2.05, 4.69) is 27.2 Å². The number of methoxy groups -OCH3 is 4. The molecule has 0 aliphatic heterocycles. The molecule has 0 radical (unpaired) electrons. The van der Waals surface area contributed by atoms with E-state index in [-0.39, 0.29) is 116 Å². The van der Waals surface area contributed by atoms with Gasteiger partial charge >= 0.3 is 35.8 Å². The van der Waals surface area contributed by atoms with Crippen molar-refractivity contribution in [1.82, 2.24) is 0 Å². The Bertz CT molecular complexity index is 5190. The molecule has 129 heavy (non-hydrogen) atoms. The third-order valence-electron chi connectivity index (χ3n) is 19.6. The lowest BCUT2D eigenvalue weighted by molar-refractivity contribution is -0.145. The van der Waals surface area contributed by atoms with Crippen LogP contribution in [0.4, 0.5) is 0 Å². The van der Waals surface area contributed by atoms with Crippen molar-refractivity contribution in [2.75, 3.05) is 54.5 Å². The van der Waals surface area contributed by atoms with Gasteiger partial charge in [-0.2, -0.15) is 13.7 Å². The molecular weight excluding hydrogens is 1870 g/mol. The van der Waals surface area contributed by atoms with Crippen molar-refractivity contribution in [2.24, 2.45) is 11.8 Å². The summed E-state index contributed by atoms with van der Waals surface area (Å²) in [6.45, 7) is 19.8. The quantitative estimate of drug-likeness (QED) is 0.0223. The minimum absolute atomic E-state index is 0.0142. The highest BCUT2D eigenvalue weighted by atomic mass is 35.5. The van der Waals surface area contributed by atoms with E-state index in [9.17, 15) is 37.2 Å². The molecule has 10 rings (SSSR count). The zero-order chi connectivity index (χ0) is 97.5. The summed E-state index contributed by atoms with van der Waals surface area (Å²) in [5, 5.41) is 50.0. The predicted molar refractivity (Wildman–Crippen MR) is 525 cm³/mol. The van der Waals surface area contributed by atoms with Gasteiger partial charge in [0, 0.05) is 81.7 Å². The van der Waals surface area contributed by atoms with E-state index in [0.29, 0.717) is 59.5 Å². The van der Waals surface area contributed by atoms with Gasteiger partial charge in [-0.15, -0.1) is 0 Å². The molecule has 10 aromatic rings. The molecule has 0 aliphatic rings. The van der Waals surface area contributed by atoms with Crippen LogP contribution in [0.2, 0.25) is 50.2 Å². The van der Waals surface area contributed by atoms with Crippen molar-refractivity contribution >= 4 is 162 Å². The van der Waals surface area contributed by atoms with Gasteiger partial charge in [-0.25, -0.2) is 0 Å². The van der Waals surface area contributed by atoms with E-state index >= 15 is 0 Å². The summed E-state index contributed by atoms with van der Waals surface area (Å²) in [5.74, 6) is -2.14. The number of nitriles is 1. The van der Waals surface area contributed by atoms with E-state index in [1.165, 1.54) is 28.4 Å². The lowest BCUT2D eigenvalue weighted by Gasteiger charge is -2.18. The summed E-state index contributed by atoms with van der Waals surface area (Å²) in [6.07, 6.45) is 2.25. The van der Waals surface area contributed by atoms with Crippen molar-refractivity contribution < 1.29 is 80.7 Å². The molecule has 10 atom stereocenters.